The van der Waals surface area contributed by atoms with Crippen LogP contribution in [0.15, 0.2) is 12.3 Å². The van der Waals surface area contributed by atoms with Gasteiger partial charge in [0.05, 0.1) is 11.8 Å². The average Bonchev–Trinajstić information content (AvgIpc) is 2.30. The Labute approximate surface area is 104 Å². The van der Waals surface area contributed by atoms with Gasteiger partial charge in [-0.3, -0.25) is 4.79 Å². The van der Waals surface area contributed by atoms with Crippen LogP contribution in [0.5, 0.6) is 0 Å². The van der Waals surface area contributed by atoms with Crippen LogP contribution in [-0.4, -0.2) is 28.6 Å². The first kappa shape index (κ1) is 13.9. The Morgan fingerprint density at radius 2 is 2.29 bits per heavy atom. The molecular weight excluding hydrogens is 247 g/mol. The summed E-state index contributed by atoms with van der Waals surface area (Å²) in [7, 11) is 0. The van der Waals surface area contributed by atoms with Crippen molar-refractivity contribution < 1.29 is 14.3 Å². The van der Waals surface area contributed by atoms with E-state index in [0.29, 0.717) is 0 Å². The molecule has 0 saturated carbocycles. The molecule has 0 saturated heterocycles. The summed E-state index contributed by atoms with van der Waals surface area (Å²) in [5, 5.41) is 11.5. The maximum Gasteiger partial charge on any atom is 0.254 e. The predicted octanol–water partition coefficient (Wildman–Crippen LogP) is 1.62. The van der Waals surface area contributed by atoms with Gasteiger partial charge in [0.15, 0.2) is 0 Å². The molecule has 0 aromatic carbocycles. The molecule has 0 aliphatic heterocycles. The molecule has 2 N–H and O–H groups in total. The number of carbonyl (C=O) groups excluding carboxylic acids is 1. The Hall–Kier alpha value is -1.20. The maximum absolute atomic E-state index is 12.9. The Kier molecular flexibility index (Phi) is 4.84. The minimum Gasteiger partial charge on any atom is -0.396 e. The Morgan fingerprint density at radius 3 is 2.88 bits per heavy atom. The number of hydrogen-bond acceptors (Lipinski definition) is 3. The molecule has 2 unspecified atom stereocenters. The molecule has 1 aromatic heterocycles. The summed E-state index contributed by atoms with van der Waals surface area (Å²) in [5.41, 5.74) is -0.0105. The Balaban J connectivity index is 2.79. The number of pyridine rings is 1. The smallest absolute Gasteiger partial charge is 0.254 e. The van der Waals surface area contributed by atoms with Gasteiger partial charge in [-0.15, -0.1) is 0 Å². The van der Waals surface area contributed by atoms with Crippen LogP contribution in [0.2, 0.25) is 5.15 Å². The number of hydrogen-bond donors (Lipinski definition) is 2. The molecule has 0 aliphatic carbocycles. The summed E-state index contributed by atoms with van der Waals surface area (Å²) in [5.74, 6) is -1.23. The second-order valence-corrected chi connectivity index (χ2v) is 4.27. The van der Waals surface area contributed by atoms with Gasteiger partial charge in [-0.1, -0.05) is 18.5 Å². The number of nitrogens with zero attached hydrogens (tertiary/aromatic N) is 1. The molecule has 2 atom stereocenters. The number of carbonyl (C=O) groups is 1. The summed E-state index contributed by atoms with van der Waals surface area (Å²) in [6.07, 6.45) is 0.943. The number of halogens is 2. The zero-order chi connectivity index (χ0) is 13.0. The van der Waals surface area contributed by atoms with E-state index in [4.69, 9.17) is 16.7 Å². The number of rotatable bonds is 4. The summed E-state index contributed by atoms with van der Waals surface area (Å²) in [6, 6.07) is 0.785. The van der Waals surface area contributed by atoms with Crippen LogP contribution >= 0.6 is 11.6 Å². The lowest BCUT2D eigenvalue weighted by atomic mass is 10.0. The van der Waals surface area contributed by atoms with Gasteiger partial charge in [0, 0.05) is 12.6 Å². The Bertz CT molecular complexity index is 414. The third-order valence-electron chi connectivity index (χ3n) is 2.55. The van der Waals surface area contributed by atoms with Crippen LogP contribution in [0.3, 0.4) is 0 Å². The molecule has 0 bridgehead atoms. The van der Waals surface area contributed by atoms with Gasteiger partial charge in [0.1, 0.15) is 11.0 Å². The van der Waals surface area contributed by atoms with Crippen LogP contribution in [0.1, 0.15) is 24.2 Å². The van der Waals surface area contributed by atoms with Crippen molar-refractivity contribution in [3.63, 3.8) is 0 Å². The van der Waals surface area contributed by atoms with E-state index in [-0.39, 0.29) is 29.3 Å². The summed E-state index contributed by atoms with van der Waals surface area (Å²) < 4.78 is 12.9. The van der Waals surface area contributed by atoms with Crippen molar-refractivity contribution in [3.8, 4) is 0 Å². The number of aromatic nitrogens is 1. The van der Waals surface area contributed by atoms with E-state index in [1.807, 2.05) is 0 Å². The average molecular weight is 261 g/mol. The Morgan fingerprint density at radius 1 is 1.65 bits per heavy atom. The maximum atomic E-state index is 12.9. The highest BCUT2D eigenvalue weighted by Crippen LogP contribution is 2.14. The lowest BCUT2D eigenvalue weighted by Crippen LogP contribution is -2.38. The van der Waals surface area contributed by atoms with E-state index >= 15 is 0 Å². The fourth-order valence-electron chi connectivity index (χ4n) is 1.17. The fourth-order valence-corrected chi connectivity index (χ4v) is 1.36. The number of amides is 1. The third-order valence-corrected chi connectivity index (χ3v) is 2.85. The van der Waals surface area contributed by atoms with Gasteiger partial charge in [0.25, 0.3) is 5.91 Å². The summed E-state index contributed by atoms with van der Waals surface area (Å²) in [6.45, 7) is 3.49. The molecule has 1 heterocycles. The van der Waals surface area contributed by atoms with Gasteiger partial charge in [-0.2, -0.15) is 0 Å². The normalized spacial score (nSPS) is 14.2. The SMILES string of the molecule is CC(CO)C(C)NC(=O)c1cc(F)cnc1Cl. The molecule has 0 aliphatic rings. The molecule has 17 heavy (non-hydrogen) atoms. The van der Waals surface area contributed by atoms with Crippen LogP contribution in [0.4, 0.5) is 4.39 Å². The molecule has 0 fully saturated rings. The third kappa shape index (κ3) is 3.64. The van der Waals surface area contributed by atoms with E-state index in [2.05, 4.69) is 10.3 Å². The van der Waals surface area contributed by atoms with Crippen molar-refractivity contribution in [1.29, 1.82) is 0 Å². The highest BCUT2D eigenvalue weighted by atomic mass is 35.5. The molecule has 1 rings (SSSR count). The highest BCUT2D eigenvalue weighted by Gasteiger charge is 2.18. The van der Waals surface area contributed by atoms with Gasteiger partial charge in [-0.25, -0.2) is 9.37 Å². The van der Waals surface area contributed by atoms with Gasteiger partial charge in [0.2, 0.25) is 0 Å². The van der Waals surface area contributed by atoms with Crippen molar-refractivity contribution >= 4 is 17.5 Å². The van der Waals surface area contributed by atoms with Crippen LogP contribution in [-0.2, 0) is 0 Å². The van der Waals surface area contributed by atoms with Crippen molar-refractivity contribution in [2.75, 3.05) is 6.61 Å². The number of aliphatic hydroxyl groups is 1. The number of aliphatic hydroxyl groups excluding tert-OH is 1. The van der Waals surface area contributed by atoms with Crippen LogP contribution in [0.25, 0.3) is 0 Å². The van der Waals surface area contributed by atoms with E-state index in [1.54, 1.807) is 13.8 Å². The standard InChI is InChI=1S/C11H14ClFN2O2/c1-6(5-16)7(2)15-11(17)9-3-8(13)4-14-10(9)12/h3-4,6-7,16H,5H2,1-2H3,(H,15,17). The lowest BCUT2D eigenvalue weighted by molar-refractivity contribution is 0.0915. The van der Waals surface area contributed by atoms with Crippen molar-refractivity contribution in [2.24, 2.45) is 5.92 Å². The zero-order valence-corrected chi connectivity index (χ0v) is 10.3. The van der Waals surface area contributed by atoms with Crippen LogP contribution in [0, 0.1) is 11.7 Å². The van der Waals surface area contributed by atoms with E-state index in [9.17, 15) is 9.18 Å². The van der Waals surface area contributed by atoms with Gasteiger partial charge >= 0.3 is 0 Å². The molecule has 1 amide bonds. The zero-order valence-electron chi connectivity index (χ0n) is 9.58. The molecule has 94 valence electrons. The topological polar surface area (TPSA) is 62.2 Å². The first-order valence-corrected chi connectivity index (χ1v) is 5.56. The molecule has 6 heteroatoms. The molecule has 4 nitrogen and oxygen atoms in total. The first-order chi connectivity index (χ1) is 7.95. The van der Waals surface area contributed by atoms with Crippen molar-refractivity contribution in [3.05, 3.63) is 28.8 Å². The largest absolute Gasteiger partial charge is 0.396 e. The molecule has 0 spiro atoms. The minimum atomic E-state index is -0.623. The second-order valence-electron chi connectivity index (χ2n) is 3.91. The van der Waals surface area contributed by atoms with E-state index in [0.717, 1.165) is 12.3 Å². The first-order valence-electron chi connectivity index (χ1n) is 5.18. The van der Waals surface area contributed by atoms with E-state index in [1.165, 1.54) is 0 Å². The second kappa shape index (κ2) is 5.93. The monoisotopic (exact) mass is 260 g/mol. The lowest BCUT2D eigenvalue weighted by Gasteiger charge is -2.19. The summed E-state index contributed by atoms with van der Waals surface area (Å²) in [4.78, 5) is 15.3. The molecule has 0 radical (unpaired) electrons. The summed E-state index contributed by atoms with van der Waals surface area (Å²) >= 11 is 5.70. The predicted molar refractivity (Wildman–Crippen MR) is 62.4 cm³/mol. The highest BCUT2D eigenvalue weighted by molar-refractivity contribution is 6.32. The van der Waals surface area contributed by atoms with Crippen LogP contribution < -0.4 is 5.32 Å². The number of nitrogens with one attached hydrogen (secondary N) is 1. The minimum absolute atomic E-state index is 0.0105. The van der Waals surface area contributed by atoms with Crippen molar-refractivity contribution in [2.45, 2.75) is 19.9 Å². The van der Waals surface area contributed by atoms with Crippen molar-refractivity contribution in [1.82, 2.24) is 10.3 Å². The quantitative estimate of drug-likeness (QED) is 0.809. The molecular formula is C11H14ClFN2O2. The van der Waals surface area contributed by atoms with Gasteiger partial charge < -0.3 is 10.4 Å². The molecule has 1 aromatic rings. The fraction of sp³-hybridized carbons (Fsp3) is 0.455. The van der Waals surface area contributed by atoms with E-state index < -0.39 is 11.7 Å². The van der Waals surface area contributed by atoms with Gasteiger partial charge in [-0.05, 0) is 18.9 Å².